The molecule has 146 valence electrons. The van der Waals surface area contributed by atoms with E-state index in [0.717, 1.165) is 11.3 Å². The molecule has 2 aromatic rings. The van der Waals surface area contributed by atoms with E-state index in [2.05, 4.69) is 5.32 Å². The number of urea groups is 1. The minimum Gasteiger partial charge on any atom is -0.383 e. The zero-order valence-electron chi connectivity index (χ0n) is 15.4. The summed E-state index contributed by atoms with van der Waals surface area (Å²) < 4.78 is 5.18. The molecule has 4 rings (SSSR count). The molecular formula is C20H20ClN3O3S. The summed E-state index contributed by atoms with van der Waals surface area (Å²) in [5.41, 5.74) is 2.32. The SMILES string of the molecule is COCCN1C(=O)[C@]2(SCCN2C(=O)Nc2ccc(Cl)cc2)c2ccccc21. The maximum absolute atomic E-state index is 13.5. The minimum atomic E-state index is -1.04. The zero-order valence-corrected chi connectivity index (χ0v) is 16.9. The molecule has 1 fully saturated rings. The molecule has 6 nitrogen and oxygen atoms in total. The Morgan fingerprint density at radius 3 is 2.75 bits per heavy atom. The van der Waals surface area contributed by atoms with Crippen molar-refractivity contribution in [1.82, 2.24) is 4.90 Å². The van der Waals surface area contributed by atoms with E-state index in [1.807, 2.05) is 24.3 Å². The van der Waals surface area contributed by atoms with Crippen molar-refractivity contribution >= 4 is 46.7 Å². The molecule has 1 atom stereocenters. The lowest BCUT2D eigenvalue weighted by Crippen LogP contribution is -2.52. The summed E-state index contributed by atoms with van der Waals surface area (Å²) in [5.74, 6) is 0.589. The van der Waals surface area contributed by atoms with Crippen LogP contribution >= 0.6 is 23.4 Å². The van der Waals surface area contributed by atoms with Crippen molar-refractivity contribution in [3.8, 4) is 0 Å². The van der Waals surface area contributed by atoms with Crippen LogP contribution in [0.15, 0.2) is 48.5 Å². The highest BCUT2D eigenvalue weighted by molar-refractivity contribution is 8.01. The number of fused-ring (bicyclic) bond motifs is 2. The molecule has 0 unspecified atom stereocenters. The number of benzene rings is 2. The number of ether oxygens (including phenoxy) is 1. The number of methoxy groups -OCH3 is 1. The maximum Gasteiger partial charge on any atom is 0.323 e. The Morgan fingerprint density at radius 1 is 1.25 bits per heavy atom. The van der Waals surface area contributed by atoms with Crippen LogP contribution in [-0.2, 0) is 14.4 Å². The van der Waals surface area contributed by atoms with Gasteiger partial charge in [0.15, 0.2) is 4.87 Å². The highest BCUT2D eigenvalue weighted by Crippen LogP contribution is 2.54. The van der Waals surface area contributed by atoms with Gasteiger partial charge in [0.1, 0.15) is 0 Å². The fourth-order valence-corrected chi connectivity index (χ4v) is 5.28. The van der Waals surface area contributed by atoms with Crippen LogP contribution in [0, 0.1) is 0 Å². The lowest BCUT2D eigenvalue weighted by Gasteiger charge is -2.33. The molecule has 1 N–H and O–H groups in total. The summed E-state index contributed by atoms with van der Waals surface area (Å²) in [5, 5.41) is 3.49. The number of rotatable bonds is 4. The Labute approximate surface area is 172 Å². The molecule has 0 bridgehead atoms. The standard InChI is InChI=1S/C20H20ClN3O3S/c1-27-12-10-23-17-5-3-2-4-16(17)20(18(23)25)24(11-13-28-20)19(26)22-15-8-6-14(21)7-9-15/h2-9H,10-13H2,1H3,(H,22,26)/t20-/m1/s1. The van der Waals surface area contributed by atoms with E-state index in [9.17, 15) is 9.59 Å². The first kappa shape index (κ1) is 19.1. The van der Waals surface area contributed by atoms with Crippen molar-refractivity contribution in [2.75, 3.05) is 42.8 Å². The van der Waals surface area contributed by atoms with Gasteiger partial charge in [-0.25, -0.2) is 4.79 Å². The summed E-state index contributed by atoms with van der Waals surface area (Å²) in [6, 6.07) is 14.3. The van der Waals surface area contributed by atoms with Crippen LogP contribution in [0.5, 0.6) is 0 Å². The molecule has 3 amide bonds. The average Bonchev–Trinajstić information content (AvgIpc) is 3.25. The van der Waals surface area contributed by atoms with Gasteiger partial charge in [-0.1, -0.05) is 29.8 Å². The molecule has 8 heteroatoms. The molecular weight excluding hydrogens is 398 g/mol. The predicted molar refractivity (Wildman–Crippen MR) is 112 cm³/mol. The van der Waals surface area contributed by atoms with Crippen molar-refractivity contribution in [3.63, 3.8) is 0 Å². The fraction of sp³-hybridized carbons (Fsp3) is 0.300. The number of amides is 3. The van der Waals surface area contributed by atoms with Crippen molar-refractivity contribution < 1.29 is 14.3 Å². The van der Waals surface area contributed by atoms with Crippen LogP contribution in [0.1, 0.15) is 5.56 Å². The van der Waals surface area contributed by atoms with E-state index in [-0.39, 0.29) is 11.9 Å². The number of halogens is 1. The van der Waals surface area contributed by atoms with Crippen molar-refractivity contribution in [1.29, 1.82) is 0 Å². The van der Waals surface area contributed by atoms with Crippen LogP contribution in [0.4, 0.5) is 16.2 Å². The Hall–Kier alpha value is -2.22. The Bertz CT molecular complexity index is 908. The molecule has 2 heterocycles. The van der Waals surface area contributed by atoms with Crippen LogP contribution in [0.3, 0.4) is 0 Å². The summed E-state index contributed by atoms with van der Waals surface area (Å²) in [4.78, 5) is 28.9. The van der Waals surface area contributed by atoms with Crippen LogP contribution in [-0.4, -0.2) is 49.4 Å². The highest BCUT2D eigenvalue weighted by atomic mass is 35.5. The maximum atomic E-state index is 13.5. The normalized spacial score (nSPS) is 20.7. The molecule has 0 radical (unpaired) electrons. The third-order valence-corrected chi connectivity index (χ3v) is 6.63. The number of hydrogen-bond acceptors (Lipinski definition) is 4. The Kier molecular flexibility index (Phi) is 5.23. The summed E-state index contributed by atoms with van der Waals surface area (Å²) in [6.45, 7) is 1.36. The number of carbonyl (C=O) groups is 2. The molecule has 28 heavy (non-hydrogen) atoms. The van der Waals surface area contributed by atoms with Gasteiger partial charge in [-0.05, 0) is 30.3 Å². The Balaban J connectivity index is 1.68. The lowest BCUT2D eigenvalue weighted by atomic mass is 10.1. The van der Waals surface area contributed by atoms with E-state index in [1.54, 1.807) is 41.2 Å². The fourth-order valence-electron chi connectivity index (χ4n) is 3.70. The molecule has 0 aromatic heterocycles. The number of carbonyl (C=O) groups excluding carboxylic acids is 2. The number of anilines is 2. The van der Waals surface area contributed by atoms with E-state index in [4.69, 9.17) is 16.3 Å². The topological polar surface area (TPSA) is 61.9 Å². The first-order valence-corrected chi connectivity index (χ1v) is 10.3. The minimum absolute atomic E-state index is 0.0977. The first-order valence-electron chi connectivity index (χ1n) is 8.96. The number of nitrogens with one attached hydrogen (secondary N) is 1. The summed E-state index contributed by atoms with van der Waals surface area (Å²) in [6.07, 6.45) is 0. The molecule has 0 saturated carbocycles. The van der Waals surface area contributed by atoms with Crippen LogP contribution in [0.2, 0.25) is 5.02 Å². The second-order valence-electron chi connectivity index (χ2n) is 6.55. The van der Waals surface area contributed by atoms with Crippen LogP contribution < -0.4 is 10.2 Å². The summed E-state index contributed by atoms with van der Waals surface area (Å²) in [7, 11) is 1.61. The smallest absolute Gasteiger partial charge is 0.323 e. The third-order valence-electron chi connectivity index (χ3n) is 4.96. The van der Waals surface area contributed by atoms with Crippen LogP contribution in [0.25, 0.3) is 0 Å². The van der Waals surface area contributed by atoms with Crippen molar-refractivity contribution in [2.24, 2.45) is 0 Å². The quantitative estimate of drug-likeness (QED) is 0.822. The van der Waals surface area contributed by atoms with Gasteiger partial charge in [0, 0.05) is 42.2 Å². The van der Waals surface area contributed by atoms with E-state index in [0.29, 0.717) is 36.2 Å². The first-order chi connectivity index (χ1) is 13.6. The number of hydrogen-bond donors (Lipinski definition) is 1. The molecule has 1 saturated heterocycles. The van der Waals surface area contributed by atoms with Crippen molar-refractivity contribution in [2.45, 2.75) is 4.87 Å². The van der Waals surface area contributed by atoms with Gasteiger partial charge in [-0.15, -0.1) is 11.8 Å². The lowest BCUT2D eigenvalue weighted by molar-refractivity contribution is -0.123. The van der Waals surface area contributed by atoms with E-state index < -0.39 is 4.87 Å². The number of nitrogens with zero attached hydrogens (tertiary/aromatic N) is 2. The van der Waals surface area contributed by atoms with Crippen molar-refractivity contribution in [3.05, 3.63) is 59.1 Å². The van der Waals surface area contributed by atoms with Gasteiger partial charge in [-0.2, -0.15) is 0 Å². The predicted octanol–water partition coefficient (Wildman–Crippen LogP) is 3.77. The van der Waals surface area contributed by atoms with Gasteiger partial charge in [-0.3, -0.25) is 9.69 Å². The Morgan fingerprint density at radius 2 is 2.00 bits per heavy atom. The number of thioether (sulfide) groups is 1. The molecule has 2 aliphatic heterocycles. The monoisotopic (exact) mass is 417 g/mol. The van der Waals surface area contributed by atoms with Gasteiger partial charge in [0.2, 0.25) is 0 Å². The molecule has 2 aliphatic rings. The molecule has 1 spiro atoms. The molecule has 0 aliphatic carbocycles. The van der Waals surface area contributed by atoms with Gasteiger partial charge >= 0.3 is 6.03 Å². The third kappa shape index (κ3) is 3.03. The van der Waals surface area contributed by atoms with Gasteiger partial charge in [0.05, 0.1) is 12.3 Å². The number of para-hydroxylation sites is 1. The second kappa shape index (κ2) is 7.66. The van der Waals surface area contributed by atoms with E-state index >= 15 is 0 Å². The summed E-state index contributed by atoms with van der Waals surface area (Å²) >= 11 is 7.42. The van der Waals surface area contributed by atoms with E-state index in [1.165, 1.54) is 11.8 Å². The largest absolute Gasteiger partial charge is 0.383 e. The average molecular weight is 418 g/mol. The van der Waals surface area contributed by atoms with Gasteiger partial charge < -0.3 is 15.0 Å². The molecule has 2 aromatic carbocycles. The van der Waals surface area contributed by atoms with Gasteiger partial charge in [0.25, 0.3) is 5.91 Å². The zero-order chi connectivity index (χ0) is 19.7. The second-order valence-corrected chi connectivity index (χ2v) is 8.27. The highest BCUT2D eigenvalue weighted by Gasteiger charge is 2.59.